The van der Waals surface area contributed by atoms with Crippen LogP contribution in [-0.4, -0.2) is 23.2 Å². The molecule has 0 aliphatic rings. The van der Waals surface area contributed by atoms with Gasteiger partial charge >= 0.3 is 5.97 Å². The zero-order chi connectivity index (χ0) is 15.2. The molecule has 0 atom stereocenters. The Morgan fingerprint density at radius 2 is 2.10 bits per heavy atom. The van der Waals surface area contributed by atoms with Crippen LogP contribution in [0.3, 0.4) is 0 Å². The molecule has 5 heteroatoms. The summed E-state index contributed by atoms with van der Waals surface area (Å²) in [6.45, 7) is 7.85. The Labute approximate surface area is 119 Å². The Morgan fingerprint density at radius 3 is 2.65 bits per heavy atom. The molecule has 0 fully saturated rings. The first-order chi connectivity index (χ1) is 9.35. The van der Waals surface area contributed by atoms with E-state index < -0.39 is 0 Å². The highest BCUT2D eigenvalue weighted by atomic mass is 16.5. The first-order valence-corrected chi connectivity index (χ1v) is 6.60. The molecule has 5 nitrogen and oxygen atoms in total. The summed E-state index contributed by atoms with van der Waals surface area (Å²) in [5.74, 6) is 0.197. The fourth-order valence-corrected chi connectivity index (χ4v) is 1.58. The molecule has 0 aromatic carbocycles. The van der Waals surface area contributed by atoms with Crippen molar-refractivity contribution in [3.8, 4) is 11.8 Å². The number of rotatable bonds is 5. The number of aryl methyl sites for hydroxylation is 1. The Kier molecular flexibility index (Phi) is 5.51. The van der Waals surface area contributed by atoms with Crippen molar-refractivity contribution in [2.75, 3.05) is 6.61 Å². The SMILES string of the molecule is CCOC(=O)CCc1ccc(OC(C)(C)C)c(C#N)n1. The van der Waals surface area contributed by atoms with Crippen molar-refractivity contribution in [1.82, 2.24) is 4.98 Å². The van der Waals surface area contributed by atoms with Gasteiger partial charge in [-0.25, -0.2) is 4.98 Å². The molecule has 20 heavy (non-hydrogen) atoms. The van der Waals surface area contributed by atoms with Crippen LogP contribution in [0.4, 0.5) is 0 Å². The number of carbonyl (C=O) groups is 1. The van der Waals surface area contributed by atoms with Crippen molar-refractivity contribution in [3.63, 3.8) is 0 Å². The fourth-order valence-electron chi connectivity index (χ4n) is 1.58. The van der Waals surface area contributed by atoms with E-state index in [1.165, 1.54) is 0 Å². The first kappa shape index (κ1) is 16.0. The van der Waals surface area contributed by atoms with Crippen molar-refractivity contribution in [2.24, 2.45) is 0 Å². The van der Waals surface area contributed by atoms with Gasteiger partial charge in [0.2, 0.25) is 0 Å². The molecule has 1 rings (SSSR count). The third-order valence-corrected chi connectivity index (χ3v) is 2.33. The summed E-state index contributed by atoms with van der Waals surface area (Å²) in [6.07, 6.45) is 0.703. The maximum absolute atomic E-state index is 11.3. The van der Waals surface area contributed by atoms with Gasteiger partial charge < -0.3 is 9.47 Å². The molecule has 0 bridgehead atoms. The molecular weight excluding hydrogens is 256 g/mol. The van der Waals surface area contributed by atoms with E-state index in [1.54, 1.807) is 19.1 Å². The third kappa shape index (κ3) is 5.27. The van der Waals surface area contributed by atoms with Gasteiger partial charge in [0.15, 0.2) is 11.4 Å². The lowest BCUT2D eigenvalue weighted by atomic mass is 10.1. The summed E-state index contributed by atoms with van der Waals surface area (Å²) in [5.41, 5.74) is 0.525. The molecule has 0 saturated carbocycles. The van der Waals surface area contributed by atoms with Crippen molar-refractivity contribution in [2.45, 2.75) is 46.1 Å². The molecule has 0 unspecified atom stereocenters. The zero-order valence-corrected chi connectivity index (χ0v) is 12.4. The van der Waals surface area contributed by atoms with Crippen molar-refractivity contribution >= 4 is 5.97 Å². The van der Waals surface area contributed by atoms with Gasteiger partial charge in [-0.3, -0.25) is 4.79 Å². The molecular formula is C15H20N2O3. The topological polar surface area (TPSA) is 72.2 Å². The standard InChI is InChI=1S/C15H20N2O3/c1-5-19-14(18)9-7-11-6-8-13(12(10-16)17-11)20-15(2,3)4/h6,8H,5,7,9H2,1-4H3. The Morgan fingerprint density at radius 1 is 1.40 bits per heavy atom. The van der Waals surface area contributed by atoms with Crippen LogP contribution in [0.2, 0.25) is 0 Å². The minimum atomic E-state index is -0.389. The van der Waals surface area contributed by atoms with E-state index in [4.69, 9.17) is 14.7 Å². The maximum Gasteiger partial charge on any atom is 0.306 e. The monoisotopic (exact) mass is 276 g/mol. The lowest BCUT2D eigenvalue weighted by molar-refractivity contribution is -0.143. The summed E-state index contributed by atoms with van der Waals surface area (Å²) < 4.78 is 10.5. The number of hydrogen-bond acceptors (Lipinski definition) is 5. The summed E-state index contributed by atoms with van der Waals surface area (Å²) >= 11 is 0. The van der Waals surface area contributed by atoms with Crippen molar-refractivity contribution in [3.05, 3.63) is 23.5 Å². The summed E-state index contributed by atoms with van der Waals surface area (Å²) in [4.78, 5) is 15.5. The number of nitrogens with zero attached hydrogens (tertiary/aromatic N) is 2. The van der Waals surface area contributed by atoms with Crippen LogP contribution in [0.1, 0.15) is 45.5 Å². The second kappa shape index (κ2) is 6.90. The number of nitriles is 1. The average molecular weight is 276 g/mol. The third-order valence-electron chi connectivity index (χ3n) is 2.33. The molecule has 0 radical (unpaired) electrons. The van der Waals surface area contributed by atoms with Gasteiger partial charge in [0.1, 0.15) is 11.7 Å². The van der Waals surface area contributed by atoms with Crippen LogP contribution in [-0.2, 0) is 16.0 Å². The predicted molar refractivity (Wildman–Crippen MR) is 74.3 cm³/mol. The van der Waals surface area contributed by atoms with Crippen molar-refractivity contribution in [1.29, 1.82) is 5.26 Å². The van der Waals surface area contributed by atoms with Crippen molar-refractivity contribution < 1.29 is 14.3 Å². The van der Waals surface area contributed by atoms with Gasteiger partial charge in [-0.1, -0.05) is 0 Å². The fraction of sp³-hybridized carbons (Fsp3) is 0.533. The molecule has 0 amide bonds. The number of carbonyl (C=O) groups excluding carboxylic acids is 1. The van der Waals surface area contributed by atoms with Gasteiger partial charge in [-0.15, -0.1) is 0 Å². The molecule has 1 aromatic rings. The molecule has 0 spiro atoms. The van der Waals surface area contributed by atoms with Crippen LogP contribution in [0.5, 0.6) is 5.75 Å². The quantitative estimate of drug-likeness (QED) is 0.773. The lowest BCUT2D eigenvalue weighted by Gasteiger charge is -2.21. The largest absolute Gasteiger partial charge is 0.485 e. The molecule has 1 aromatic heterocycles. The van der Waals surface area contributed by atoms with Crippen LogP contribution in [0.15, 0.2) is 12.1 Å². The molecule has 108 valence electrons. The van der Waals surface area contributed by atoms with Gasteiger partial charge in [-0.05, 0) is 39.8 Å². The van der Waals surface area contributed by atoms with Gasteiger partial charge in [0, 0.05) is 12.1 Å². The first-order valence-electron chi connectivity index (χ1n) is 6.60. The van der Waals surface area contributed by atoms with Crippen LogP contribution in [0, 0.1) is 11.3 Å². The van der Waals surface area contributed by atoms with E-state index in [-0.39, 0.29) is 23.7 Å². The number of hydrogen-bond donors (Lipinski definition) is 0. The number of esters is 1. The highest BCUT2D eigenvalue weighted by molar-refractivity contribution is 5.69. The van der Waals surface area contributed by atoms with E-state index in [0.29, 0.717) is 24.5 Å². The van der Waals surface area contributed by atoms with Gasteiger partial charge in [0.05, 0.1) is 13.0 Å². The van der Waals surface area contributed by atoms with E-state index in [1.807, 2.05) is 26.8 Å². The number of pyridine rings is 1. The zero-order valence-electron chi connectivity index (χ0n) is 12.4. The van der Waals surface area contributed by atoms with Gasteiger partial charge in [-0.2, -0.15) is 5.26 Å². The van der Waals surface area contributed by atoms with E-state index in [2.05, 4.69) is 4.98 Å². The molecule has 0 aliphatic heterocycles. The van der Waals surface area contributed by atoms with E-state index >= 15 is 0 Å². The molecule has 1 heterocycles. The maximum atomic E-state index is 11.3. The minimum Gasteiger partial charge on any atom is -0.485 e. The average Bonchev–Trinajstić information content (AvgIpc) is 2.36. The molecule has 0 saturated heterocycles. The second-order valence-corrected chi connectivity index (χ2v) is 5.28. The summed E-state index contributed by atoms with van der Waals surface area (Å²) in [5, 5.41) is 9.12. The second-order valence-electron chi connectivity index (χ2n) is 5.28. The highest BCUT2D eigenvalue weighted by Gasteiger charge is 2.16. The summed E-state index contributed by atoms with van der Waals surface area (Å²) in [6, 6.07) is 5.50. The lowest BCUT2D eigenvalue weighted by Crippen LogP contribution is -2.23. The molecule has 0 aliphatic carbocycles. The molecule has 0 N–H and O–H groups in total. The highest BCUT2D eigenvalue weighted by Crippen LogP contribution is 2.22. The van der Waals surface area contributed by atoms with Gasteiger partial charge in [0.25, 0.3) is 0 Å². The van der Waals surface area contributed by atoms with E-state index in [9.17, 15) is 4.79 Å². The predicted octanol–water partition coefficient (Wildman–Crippen LogP) is 2.63. The minimum absolute atomic E-state index is 0.237. The Bertz CT molecular complexity index is 513. The number of aromatic nitrogens is 1. The number of ether oxygens (including phenoxy) is 2. The van der Waals surface area contributed by atoms with Crippen LogP contribution in [0.25, 0.3) is 0 Å². The van der Waals surface area contributed by atoms with Crippen LogP contribution >= 0.6 is 0 Å². The smallest absolute Gasteiger partial charge is 0.306 e. The van der Waals surface area contributed by atoms with Crippen LogP contribution < -0.4 is 4.74 Å². The Balaban J connectivity index is 2.78. The summed E-state index contributed by atoms with van der Waals surface area (Å²) in [7, 11) is 0. The Hall–Kier alpha value is -2.09. The van der Waals surface area contributed by atoms with E-state index in [0.717, 1.165) is 0 Å². The normalized spacial score (nSPS) is 10.8.